The van der Waals surface area contributed by atoms with Crippen LogP contribution in [0, 0.1) is 0 Å². The normalized spacial score (nSPS) is 10.6. The molecule has 0 aromatic heterocycles. The van der Waals surface area contributed by atoms with Crippen LogP contribution >= 0.6 is 0 Å². The highest BCUT2D eigenvalue weighted by Crippen LogP contribution is 2.14. The van der Waals surface area contributed by atoms with Gasteiger partial charge in [0.1, 0.15) is 5.75 Å². The quantitative estimate of drug-likeness (QED) is 0.850. The molecule has 0 aliphatic carbocycles. The number of carbonyl (C=O) groups excluding carboxylic acids is 1. The fourth-order valence-corrected chi connectivity index (χ4v) is 2.24. The molecular weight excluding hydrogens is 290 g/mol. The molecule has 0 saturated carbocycles. The number of benzene rings is 2. The van der Waals surface area contributed by atoms with Crippen LogP contribution in [0.1, 0.15) is 35.3 Å². The summed E-state index contributed by atoms with van der Waals surface area (Å²) >= 11 is 0. The van der Waals surface area contributed by atoms with E-state index in [1.54, 1.807) is 19.2 Å². The number of ether oxygens (including phenoxy) is 2. The molecule has 2 aromatic rings. The molecule has 1 amide bonds. The number of carbonyl (C=O) groups is 1. The molecule has 0 unspecified atom stereocenters. The van der Waals surface area contributed by atoms with E-state index in [2.05, 4.69) is 5.32 Å². The first kappa shape index (κ1) is 17.0. The lowest BCUT2D eigenvalue weighted by molar-refractivity contribution is 0.0951. The van der Waals surface area contributed by atoms with E-state index in [0.29, 0.717) is 18.7 Å². The molecule has 122 valence electrons. The van der Waals surface area contributed by atoms with Crippen molar-refractivity contribution in [3.05, 3.63) is 65.2 Å². The molecule has 2 rings (SSSR count). The molecule has 2 aromatic carbocycles. The van der Waals surface area contributed by atoms with Crippen LogP contribution in [0.2, 0.25) is 0 Å². The maximum atomic E-state index is 12.2. The molecule has 1 N–H and O–H groups in total. The van der Waals surface area contributed by atoms with Crippen molar-refractivity contribution in [2.75, 3.05) is 7.11 Å². The van der Waals surface area contributed by atoms with E-state index in [-0.39, 0.29) is 12.0 Å². The smallest absolute Gasteiger partial charge is 0.251 e. The van der Waals surface area contributed by atoms with Crippen molar-refractivity contribution in [2.24, 2.45) is 0 Å². The Morgan fingerprint density at radius 3 is 2.43 bits per heavy atom. The van der Waals surface area contributed by atoms with Gasteiger partial charge in [-0.25, -0.2) is 0 Å². The first-order valence-electron chi connectivity index (χ1n) is 7.70. The Kier molecular flexibility index (Phi) is 6.18. The van der Waals surface area contributed by atoms with E-state index in [4.69, 9.17) is 9.47 Å². The zero-order valence-corrected chi connectivity index (χ0v) is 13.8. The highest BCUT2D eigenvalue weighted by Gasteiger charge is 2.06. The summed E-state index contributed by atoms with van der Waals surface area (Å²) in [5.41, 5.74) is 2.76. The number of nitrogens with one attached hydrogen (secondary N) is 1. The van der Waals surface area contributed by atoms with E-state index in [1.807, 2.05) is 50.2 Å². The second kappa shape index (κ2) is 8.34. The molecular formula is C19H23NO3. The van der Waals surface area contributed by atoms with Crippen LogP contribution in [0.5, 0.6) is 5.75 Å². The minimum Gasteiger partial charge on any atom is -0.491 e. The summed E-state index contributed by atoms with van der Waals surface area (Å²) in [6.45, 7) is 5.00. The number of rotatable bonds is 7. The SMILES string of the molecule is COCc1cccc(CNC(=O)c2ccc(OC(C)C)cc2)c1. The highest BCUT2D eigenvalue weighted by molar-refractivity contribution is 5.94. The van der Waals surface area contributed by atoms with E-state index < -0.39 is 0 Å². The van der Waals surface area contributed by atoms with Crippen molar-refractivity contribution in [2.45, 2.75) is 33.1 Å². The van der Waals surface area contributed by atoms with Crippen LogP contribution in [0.4, 0.5) is 0 Å². The molecule has 0 aliphatic rings. The summed E-state index contributed by atoms with van der Waals surface area (Å²) in [6, 6.07) is 15.2. The highest BCUT2D eigenvalue weighted by atomic mass is 16.5. The summed E-state index contributed by atoms with van der Waals surface area (Å²) in [5.74, 6) is 0.669. The van der Waals surface area contributed by atoms with E-state index in [9.17, 15) is 4.79 Å². The third-order valence-corrected chi connectivity index (χ3v) is 3.24. The maximum Gasteiger partial charge on any atom is 0.251 e. The number of hydrogen-bond acceptors (Lipinski definition) is 3. The lowest BCUT2D eigenvalue weighted by atomic mass is 10.1. The van der Waals surface area contributed by atoms with Gasteiger partial charge in [0.25, 0.3) is 5.91 Å². The Morgan fingerprint density at radius 1 is 1.09 bits per heavy atom. The van der Waals surface area contributed by atoms with Gasteiger partial charge in [-0.15, -0.1) is 0 Å². The number of methoxy groups -OCH3 is 1. The number of hydrogen-bond donors (Lipinski definition) is 1. The van der Waals surface area contributed by atoms with Gasteiger partial charge in [0.15, 0.2) is 0 Å². The maximum absolute atomic E-state index is 12.2. The van der Waals surface area contributed by atoms with Gasteiger partial charge in [0.05, 0.1) is 12.7 Å². The van der Waals surface area contributed by atoms with Crippen molar-refractivity contribution in [3.8, 4) is 5.75 Å². The Labute approximate surface area is 137 Å². The minimum absolute atomic E-state index is 0.0989. The predicted octanol–water partition coefficient (Wildman–Crippen LogP) is 3.55. The second-order valence-corrected chi connectivity index (χ2v) is 5.63. The fourth-order valence-electron chi connectivity index (χ4n) is 2.24. The van der Waals surface area contributed by atoms with Crippen LogP contribution in [-0.4, -0.2) is 19.1 Å². The molecule has 0 atom stereocenters. The van der Waals surface area contributed by atoms with Crippen LogP contribution in [0.3, 0.4) is 0 Å². The molecule has 0 aliphatic heterocycles. The molecule has 4 nitrogen and oxygen atoms in total. The standard InChI is InChI=1S/C19H23NO3/c1-14(2)23-18-9-7-17(8-10-18)19(21)20-12-15-5-4-6-16(11-15)13-22-3/h4-11,14H,12-13H2,1-3H3,(H,20,21). The van der Waals surface area contributed by atoms with Crippen LogP contribution in [0.25, 0.3) is 0 Å². The summed E-state index contributed by atoms with van der Waals surface area (Å²) in [4.78, 5) is 12.2. The molecule has 0 bridgehead atoms. The third-order valence-electron chi connectivity index (χ3n) is 3.24. The molecule has 23 heavy (non-hydrogen) atoms. The van der Waals surface area contributed by atoms with E-state index in [1.165, 1.54) is 0 Å². The largest absolute Gasteiger partial charge is 0.491 e. The van der Waals surface area contributed by atoms with Crippen molar-refractivity contribution < 1.29 is 14.3 Å². The molecule has 4 heteroatoms. The molecule has 0 heterocycles. The van der Waals surface area contributed by atoms with Crippen LogP contribution < -0.4 is 10.1 Å². The lowest BCUT2D eigenvalue weighted by Crippen LogP contribution is -2.22. The zero-order valence-electron chi connectivity index (χ0n) is 13.8. The van der Waals surface area contributed by atoms with Crippen molar-refractivity contribution in [3.63, 3.8) is 0 Å². The van der Waals surface area contributed by atoms with Gasteiger partial charge in [-0.1, -0.05) is 24.3 Å². The summed E-state index contributed by atoms with van der Waals surface area (Å²) in [7, 11) is 1.67. The van der Waals surface area contributed by atoms with Gasteiger partial charge in [0, 0.05) is 19.2 Å². The Morgan fingerprint density at radius 2 is 1.78 bits per heavy atom. The van der Waals surface area contributed by atoms with Crippen molar-refractivity contribution in [1.82, 2.24) is 5.32 Å². The summed E-state index contributed by atoms with van der Waals surface area (Å²) in [6.07, 6.45) is 0.119. The Balaban J connectivity index is 1.92. The first-order chi connectivity index (χ1) is 11.1. The third kappa shape index (κ3) is 5.42. The number of amides is 1. The van der Waals surface area contributed by atoms with Gasteiger partial charge in [-0.05, 0) is 49.2 Å². The van der Waals surface area contributed by atoms with Crippen molar-refractivity contribution in [1.29, 1.82) is 0 Å². The predicted molar refractivity (Wildman–Crippen MR) is 90.5 cm³/mol. The van der Waals surface area contributed by atoms with Gasteiger partial charge < -0.3 is 14.8 Å². The minimum atomic E-state index is -0.0989. The zero-order chi connectivity index (χ0) is 16.7. The van der Waals surface area contributed by atoms with Gasteiger partial charge in [0.2, 0.25) is 0 Å². The molecule has 0 fully saturated rings. The average Bonchev–Trinajstić information content (AvgIpc) is 2.53. The molecule has 0 radical (unpaired) electrons. The monoisotopic (exact) mass is 313 g/mol. The van der Waals surface area contributed by atoms with Gasteiger partial charge in [-0.3, -0.25) is 4.79 Å². The van der Waals surface area contributed by atoms with Gasteiger partial charge in [-0.2, -0.15) is 0 Å². The molecule has 0 saturated heterocycles. The Hall–Kier alpha value is -2.33. The second-order valence-electron chi connectivity index (χ2n) is 5.63. The lowest BCUT2D eigenvalue weighted by Gasteiger charge is -2.10. The van der Waals surface area contributed by atoms with Crippen LogP contribution in [0.15, 0.2) is 48.5 Å². The van der Waals surface area contributed by atoms with Crippen LogP contribution in [-0.2, 0) is 17.9 Å². The topological polar surface area (TPSA) is 47.6 Å². The first-order valence-corrected chi connectivity index (χ1v) is 7.70. The van der Waals surface area contributed by atoms with E-state index >= 15 is 0 Å². The van der Waals surface area contributed by atoms with Gasteiger partial charge >= 0.3 is 0 Å². The average molecular weight is 313 g/mol. The Bertz CT molecular complexity index is 635. The van der Waals surface area contributed by atoms with Crippen molar-refractivity contribution >= 4 is 5.91 Å². The van der Waals surface area contributed by atoms with E-state index in [0.717, 1.165) is 16.9 Å². The fraction of sp³-hybridized carbons (Fsp3) is 0.316. The summed E-state index contributed by atoms with van der Waals surface area (Å²) in [5, 5.41) is 2.92. The summed E-state index contributed by atoms with van der Waals surface area (Å²) < 4.78 is 10.7. The molecule has 0 spiro atoms.